The van der Waals surface area contributed by atoms with Gasteiger partial charge in [-0.15, -0.1) is 0 Å². The lowest BCUT2D eigenvalue weighted by molar-refractivity contribution is -0.143. The number of fused-ring (bicyclic) bond motifs is 1. The fraction of sp³-hybridized carbons (Fsp3) is 0.520. The molecule has 0 amide bonds. The fourth-order valence-electron chi connectivity index (χ4n) is 4.73. The molecule has 31 heavy (non-hydrogen) atoms. The molecule has 0 spiro atoms. The van der Waals surface area contributed by atoms with Gasteiger partial charge in [-0.25, -0.2) is 0 Å². The molecule has 1 aromatic carbocycles. The molecule has 1 fully saturated rings. The summed E-state index contributed by atoms with van der Waals surface area (Å²) >= 11 is 6.26. The number of benzene rings is 1. The third kappa shape index (κ3) is 5.65. The summed E-state index contributed by atoms with van der Waals surface area (Å²) in [4.78, 5) is 18.7. The number of rotatable bonds is 9. The van der Waals surface area contributed by atoms with Gasteiger partial charge in [0.2, 0.25) is 0 Å². The molecule has 1 N–H and O–H groups in total. The molecule has 0 radical (unpaired) electrons. The summed E-state index contributed by atoms with van der Waals surface area (Å²) in [5.41, 5.74) is 4.57. The van der Waals surface area contributed by atoms with Gasteiger partial charge in [0.25, 0.3) is 0 Å². The molecule has 2 atom stereocenters. The Morgan fingerprint density at radius 1 is 1.19 bits per heavy atom. The van der Waals surface area contributed by atoms with Gasteiger partial charge in [0.05, 0.1) is 6.10 Å². The Morgan fingerprint density at radius 2 is 2.03 bits per heavy atom. The fourth-order valence-corrected chi connectivity index (χ4v) is 4.97. The van der Waals surface area contributed by atoms with E-state index in [0.29, 0.717) is 30.3 Å². The smallest absolute Gasteiger partial charge is 0.325 e. The summed E-state index contributed by atoms with van der Waals surface area (Å²) in [7, 11) is 0. The second-order valence-electron chi connectivity index (χ2n) is 8.61. The molecule has 5 nitrogen and oxygen atoms in total. The maximum absolute atomic E-state index is 11.9. The highest BCUT2D eigenvalue weighted by molar-refractivity contribution is 6.31. The van der Waals surface area contributed by atoms with Gasteiger partial charge in [0.1, 0.15) is 6.04 Å². The SMILES string of the molecule is O=C(O)C(c1ccccc1Cl)N1CC[C@@H](OCCCCc2ccc3c(n2)CCCC3)C1. The monoisotopic (exact) mass is 442 g/mol. The third-order valence-corrected chi connectivity index (χ3v) is 6.74. The Morgan fingerprint density at radius 3 is 2.87 bits per heavy atom. The molecule has 2 aliphatic rings. The predicted octanol–water partition coefficient (Wildman–Crippen LogP) is 4.85. The van der Waals surface area contributed by atoms with Crippen LogP contribution in [0.5, 0.6) is 0 Å². The van der Waals surface area contributed by atoms with Gasteiger partial charge in [-0.2, -0.15) is 0 Å². The lowest BCUT2D eigenvalue weighted by atomic mass is 9.95. The van der Waals surface area contributed by atoms with Crippen LogP contribution in [0, 0.1) is 0 Å². The van der Waals surface area contributed by atoms with Crippen LogP contribution in [0.15, 0.2) is 36.4 Å². The number of aliphatic carboxylic acids is 1. The maximum atomic E-state index is 11.9. The molecule has 1 aliphatic heterocycles. The number of hydrogen-bond donors (Lipinski definition) is 1. The molecule has 1 unspecified atom stereocenters. The number of pyridine rings is 1. The van der Waals surface area contributed by atoms with Gasteiger partial charge in [-0.3, -0.25) is 14.7 Å². The molecule has 6 heteroatoms. The quantitative estimate of drug-likeness (QED) is 0.562. The minimum Gasteiger partial charge on any atom is -0.480 e. The van der Waals surface area contributed by atoms with E-state index >= 15 is 0 Å². The number of nitrogens with zero attached hydrogens (tertiary/aromatic N) is 2. The van der Waals surface area contributed by atoms with Crippen LogP contribution in [-0.4, -0.2) is 46.8 Å². The van der Waals surface area contributed by atoms with Crippen molar-refractivity contribution in [3.63, 3.8) is 0 Å². The summed E-state index contributed by atoms with van der Waals surface area (Å²) in [5, 5.41) is 10.3. The standard InChI is InChI=1S/C25H31ClN2O3/c26-22-10-3-2-9-21(22)24(25(29)30)28-15-14-20(17-28)31-16-6-5-8-19-13-12-18-7-1-4-11-23(18)27-19/h2-3,9-10,12-13,20,24H,1,4-8,11,14-17H2,(H,29,30)/t20-,24?/m1/s1. The Bertz CT molecular complexity index is 904. The summed E-state index contributed by atoms with van der Waals surface area (Å²) < 4.78 is 6.07. The number of halogens is 1. The lowest BCUT2D eigenvalue weighted by Gasteiger charge is -2.25. The number of hydrogen-bond acceptors (Lipinski definition) is 4. The molecule has 1 saturated heterocycles. The Balaban J connectivity index is 1.21. The molecular weight excluding hydrogens is 412 g/mol. The summed E-state index contributed by atoms with van der Waals surface area (Å²) in [6, 6.07) is 10.9. The van der Waals surface area contributed by atoms with Crippen LogP contribution in [0.4, 0.5) is 0 Å². The molecule has 1 aliphatic carbocycles. The van der Waals surface area contributed by atoms with Crippen molar-refractivity contribution in [2.45, 2.75) is 63.5 Å². The zero-order valence-electron chi connectivity index (χ0n) is 17.9. The van der Waals surface area contributed by atoms with Crippen LogP contribution in [0.25, 0.3) is 0 Å². The van der Waals surface area contributed by atoms with Gasteiger partial charge in [-0.05, 0) is 74.6 Å². The minimum absolute atomic E-state index is 0.0752. The maximum Gasteiger partial charge on any atom is 0.325 e. The van der Waals surface area contributed by atoms with Crippen molar-refractivity contribution in [1.29, 1.82) is 0 Å². The van der Waals surface area contributed by atoms with E-state index in [9.17, 15) is 9.90 Å². The van der Waals surface area contributed by atoms with E-state index in [1.54, 1.807) is 12.1 Å². The molecule has 166 valence electrons. The number of aromatic nitrogens is 1. The molecule has 0 bridgehead atoms. The summed E-state index contributed by atoms with van der Waals surface area (Å²) in [6.07, 6.45) is 8.80. The summed E-state index contributed by atoms with van der Waals surface area (Å²) in [5.74, 6) is -0.869. The van der Waals surface area contributed by atoms with Gasteiger partial charge in [-0.1, -0.05) is 35.9 Å². The Hall–Kier alpha value is -1.95. The highest BCUT2D eigenvalue weighted by Gasteiger charge is 2.34. The first-order valence-corrected chi connectivity index (χ1v) is 11.8. The predicted molar refractivity (Wildman–Crippen MR) is 122 cm³/mol. The van der Waals surface area contributed by atoms with Gasteiger partial charge < -0.3 is 9.84 Å². The van der Waals surface area contributed by atoms with Crippen molar-refractivity contribution in [3.8, 4) is 0 Å². The number of likely N-dealkylation sites (tertiary alicyclic amines) is 1. The van der Waals surface area contributed by atoms with E-state index in [1.165, 1.54) is 36.2 Å². The largest absolute Gasteiger partial charge is 0.480 e. The first kappa shape index (κ1) is 22.3. The second-order valence-corrected chi connectivity index (χ2v) is 9.02. The first-order valence-electron chi connectivity index (χ1n) is 11.4. The van der Waals surface area contributed by atoms with Crippen LogP contribution in [0.2, 0.25) is 5.02 Å². The average Bonchev–Trinajstić information content (AvgIpc) is 3.23. The molecule has 2 aromatic rings. The van der Waals surface area contributed by atoms with E-state index in [1.807, 2.05) is 17.0 Å². The molecule has 0 saturated carbocycles. The number of carboxylic acids is 1. The van der Waals surface area contributed by atoms with Crippen molar-refractivity contribution >= 4 is 17.6 Å². The first-order chi connectivity index (χ1) is 15.1. The molecular formula is C25H31ClN2O3. The van der Waals surface area contributed by atoms with Crippen LogP contribution >= 0.6 is 11.6 Å². The van der Waals surface area contributed by atoms with Crippen LogP contribution in [-0.2, 0) is 28.8 Å². The van der Waals surface area contributed by atoms with Crippen molar-refractivity contribution in [3.05, 3.63) is 63.9 Å². The normalized spacial score (nSPS) is 19.8. The number of unbranched alkanes of at least 4 members (excludes halogenated alkanes) is 1. The van der Waals surface area contributed by atoms with Crippen molar-refractivity contribution in [2.75, 3.05) is 19.7 Å². The highest BCUT2D eigenvalue weighted by Crippen LogP contribution is 2.31. The van der Waals surface area contributed by atoms with E-state index in [-0.39, 0.29) is 6.10 Å². The van der Waals surface area contributed by atoms with Gasteiger partial charge in [0.15, 0.2) is 0 Å². The topological polar surface area (TPSA) is 62.7 Å². The van der Waals surface area contributed by atoms with Gasteiger partial charge >= 0.3 is 5.97 Å². The van der Waals surface area contributed by atoms with E-state index in [2.05, 4.69) is 12.1 Å². The van der Waals surface area contributed by atoms with Crippen LogP contribution in [0.1, 0.15) is 60.7 Å². The number of carbonyl (C=O) groups is 1. The Labute approximate surface area is 189 Å². The van der Waals surface area contributed by atoms with E-state index in [0.717, 1.165) is 32.1 Å². The van der Waals surface area contributed by atoms with Crippen LogP contribution in [0.3, 0.4) is 0 Å². The summed E-state index contributed by atoms with van der Waals surface area (Å²) in [6.45, 7) is 2.02. The Kier molecular flexibility index (Phi) is 7.59. The van der Waals surface area contributed by atoms with Crippen molar-refractivity contribution in [1.82, 2.24) is 9.88 Å². The zero-order chi connectivity index (χ0) is 21.6. The highest BCUT2D eigenvalue weighted by atomic mass is 35.5. The lowest BCUT2D eigenvalue weighted by Crippen LogP contribution is -2.33. The molecule has 1 aromatic heterocycles. The number of aryl methyl sites for hydroxylation is 3. The number of ether oxygens (including phenoxy) is 1. The number of carboxylic acid groups (broad SMARTS) is 1. The second kappa shape index (κ2) is 10.6. The van der Waals surface area contributed by atoms with E-state index < -0.39 is 12.0 Å². The van der Waals surface area contributed by atoms with E-state index in [4.69, 9.17) is 21.3 Å². The van der Waals surface area contributed by atoms with Crippen LogP contribution < -0.4 is 0 Å². The zero-order valence-corrected chi connectivity index (χ0v) is 18.7. The minimum atomic E-state index is -0.869. The van der Waals surface area contributed by atoms with Gasteiger partial charge in [0, 0.05) is 36.1 Å². The molecule has 4 rings (SSSR count). The van der Waals surface area contributed by atoms with Crippen molar-refractivity contribution < 1.29 is 14.6 Å². The van der Waals surface area contributed by atoms with Crippen molar-refractivity contribution in [2.24, 2.45) is 0 Å². The average molecular weight is 443 g/mol. The third-order valence-electron chi connectivity index (χ3n) is 6.39. The molecule has 2 heterocycles.